The van der Waals surface area contributed by atoms with Crippen LogP contribution >= 0.6 is 11.6 Å². The Labute approximate surface area is 137 Å². The van der Waals surface area contributed by atoms with Gasteiger partial charge < -0.3 is 0 Å². The third-order valence-corrected chi connectivity index (χ3v) is 3.66. The van der Waals surface area contributed by atoms with Crippen LogP contribution in [-0.2, 0) is 11.3 Å². The van der Waals surface area contributed by atoms with Gasteiger partial charge in [0.2, 0.25) is 0 Å². The average Bonchev–Trinajstić information content (AvgIpc) is 2.96. The fourth-order valence-corrected chi connectivity index (χ4v) is 2.44. The Morgan fingerprint density at radius 1 is 1.22 bits per heavy atom. The number of halogens is 1. The van der Waals surface area contributed by atoms with Crippen LogP contribution in [0.15, 0.2) is 53.6 Å². The van der Waals surface area contributed by atoms with Crippen molar-refractivity contribution in [2.24, 2.45) is 5.10 Å². The van der Waals surface area contributed by atoms with Crippen LogP contribution in [0.5, 0.6) is 0 Å². The van der Waals surface area contributed by atoms with Crippen molar-refractivity contribution in [3.8, 4) is 0 Å². The fourth-order valence-electron chi connectivity index (χ4n) is 2.17. The van der Waals surface area contributed by atoms with Crippen LogP contribution < -0.4 is 5.43 Å². The molecule has 2 aromatic carbocycles. The molecule has 1 aromatic heterocycles. The summed E-state index contributed by atoms with van der Waals surface area (Å²) in [6.07, 6.45) is 0. The van der Waals surface area contributed by atoms with Gasteiger partial charge in [-0.1, -0.05) is 47.1 Å². The van der Waals surface area contributed by atoms with Crippen molar-refractivity contribution in [2.45, 2.75) is 13.5 Å². The Morgan fingerprint density at radius 2 is 1.96 bits per heavy atom. The monoisotopic (exact) mass is 327 g/mol. The summed E-state index contributed by atoms with van der Waals surface area (Å²) in [7, 11) is 0. The number of hydrazone groups is 1. The summed E-state index contributed by atoms with van der Waals surface area (Å²) < 4.78 is 1.53. The van der Waals surface area contributed by atoms with Crippen molar-refractivity contribution in [3.05, 3.63) is 59.1 Å². The molecule has 0 saturated carbocycles. The summed E-state index contributed by atoms with van der Waals surface area (Å²) in [6, 6.07) is 14.8. The van der Waals surface area contributed by atoms with Gasteiger partial charge in [0.05, 0.1) is 11.2 Å². The number of hydrogen-bond donors (Lipinski definition) is 1. The predicted molar refractivity (Wildman–Crippen MR) is 89.3 cm³/mol. The highest BCUT2D eigenvalue weighted by Gasteiger charge is 2.08. The van der Waals surface area contributed by atoms with Crippen molar-refractivity contribution >= 4 is 34.3 Å². The second-order valence-electron chi connectivity index (χ2n) is 4.95. The first-order valence-electron chi connectivity index (χ1n) is 7.01. The summed E-state index contributed by atoms with van der Waals surface area (Å²) in [5, 5.41) is 12.7. The first kappa shape index (κ1) is 15.2. The van der Waals surface area contributed by atoms with Gasteiger partial charge in [-0.15, -0.1) is 5.10 Å². The summed E-state index contributed by atoms with van der Waals surface area (Å²) in [5.41, 5.74) is 5.47. The van der Waals surface area contributed by atoms with Crippen molar-refractivity contribution in [2.75, 3.05) is 0 Å². The van der Waals surface area contributed by atoms with E-state index in [0.29, 0.717) is 10.7 Å². The van der Waals surface area contributed by atoms with Crippen LogP contribution in [0.1, 0.15) is 12.5 Å². The summed E-state index contributed by atoms with van der Waals surface area (Å²) in [4.78, 5) is 12.0. The molecule has 0 aliphatic rings. The maximum atomic E-state index is 12.0. The number of nitrogens with one attached hydrogen (secondary N) is 1. The van der Waals surface area contributed by atoms with Crippen molar-refractivity contribution < 1.29 is 4.79 Å². The third kappa shape index (κ3) is 3.37. The highest BCUT2D eigenvalue weighted by Crippen LogP contribution is 2.15. The zero-order valence-electron chi connectivity index (χ0n) is 12.4. The highest BCUT2D eigenvalue weighted by molar-refractivity contribution is 6.34. The summed E-state index contributed by atoms with van der Waals surface area (Å²) >= 11 is 6.10. The fraction of sp³-hybridized carbons (Fsp3) is 0.125. The zero-order valence-corrected chi connectivity index (χ0v) is 13.2. The van der Waals surface area contributed by atoms with E-state index < -0.39 is 0 Å². The van der Waals surface area contributed by atoms with Crippen molar-refractivity contribution in [1.29, 1.82) is 0 Å². The molecule has 3 aromatic rings. The Balaban J connectivity index is 1.70. The molecule has 3 rings (SSSR count). The van der Waals surface area contributed by atoms with Crippen molar-refractivity contribution in [1.82, 2.24) is 20.4 Å². The van der Waals surface area contributed by atoms with Crippen LogP contribution in [-0.4, -0.2) is 26.6 Å². The molecule has 6 nitrogen and oxygen atoms in total. The van der Waals surface area contributed by atoms with Gasteiger partial charge in [0, 0.05) is 10.6 Å². The number of nitrogens with zero attached hydrogens (tertiary/aromatic N) is 4. The van der Waals surface area contributed by atoms with Gasteiger partial charge in [0.1, 0.15) is 12.1 Å². The van der Waals surface area contributed by atoms with Crippen LogP contribution in [0.3, 0.4) is 0 Å². The number of fused-ring (bicyclic) bond motifs is 1. The van der Waals surface area contributed by atoms with E-state index in [4.69, 9.17) is 11.6 Å². The number of hydrogen-bond acceptors (Lipinski definition) is 4. The van der Waals surface area contributed by atoms with Crippen LogP contribution in [0.25, 0.3) is 11.0 Å². The van der Waals surface area contributed by atoms with E-state index in [-0.39, 0.29) is 12.5 Å². The van der Waals surface area contributed by atoms with Gasteiger partial charge in [-0.05, 0) is 25.1 Å². The molecule has 0 spiro atoms. The van der Waals surface area contributed by atoms with Gasteiger partial charge in [-0.2, -0.15) is 5.10 Å². The second kappa shape index (κ2) is 6.58. The summed E-state index contributed by atoms with van der Waals surface area (Å²) in [5.74, 6) is -0.285. The van der Waals surface area contributed by atoms with Gasteiger partial charge in [0.25, 0.3) is 5.91 Å². The SMILES string of the molecule is C/C(=N\NC(=O)Cn1nnc2ccccc21)c1ccccc1Cl. The average molecular weight is 328 g/mol. The standard InChI is InChI=1S/C16H14ClN5O/c1-11(12-6-2-3-7-13(12)17)18-20-16(23)10-22-15-9-5-4-8-14(15)19-21-22/h2-9H,10H2,1H3,(H,20,23)/b18-11+. The minimum absolute atomic E-state index is 0.0415. The van der Waals surface area contributed by atoms with E-state index in [1.54, 1.807) is 13.0 Å². The predicted octanol–water partition coefficient (Wildman–Crippen LogP) is 2.63. The van der Waals surface area contributed by atoms with E-state index >= 15 is 0 Å². The normalized spacial score (nSPS) is 11.7. The van der Waals surface area contributed by atoms with Crippen molar-refractivity contribution in [3.63, 3.8) is 0 Å². The minimum Gasteiger partial charge on any atom is -0.271 e. The van der Waals surface area contributed by atoms with Gasteiger partial charge in [-0.3, -0.25) is 4.79 Å². The van der Waals surface area contributed by atoms with E-state index in [1.165, 1.54) is 4.68 Å². The molecule has 1 N–H and O–H groups in total. The molecule has 0 fully saturated rings. The molecule has 0 aliphatic carbocycles. The Hall–Kier alpha value is -2.73. The number of amides is 1. The maximum Gasteiger partial charge on any atom is 0.261 e. The van der Waals surface area contributed by atoms with Gasteiger partial charge in [-0.25, -0.2) is 10.1 Å². The third-order valence-electron chi connectivity index (χ3n) is 3.33. The Bertz CT molecular complexity index is 887. The second-order valence-corrected chi connectivity index (χ2v) is 5.36. The maximum absolute atomic E-state index is 12.0. The number of carbonyl (C=O) groups is 1. The Morgan fingerprint density at radius 3 is 2.78 bits per heavy atom. The lowest BCUT2D eigenvalue weighted by atomic mass is 10.1. The number of para-hydroxylation sites is 1. The molecule has 0 saturated heterocycles. The van der Waals surface area contributed by atoms with E-state index in [1.807, 2.05) is 42.5 Å². The number of carbonyl (C=O) groups excluding carboxylic acids is 1. The first-order chi connectivity index (χ1) is 11.1. The molecule has 0 aliphatic heterocycles. The lowest BCUT2D eigenvalue weighted by Crippen LogP contribution is -2.24. The molecule has 0 atom stereocenters. The van der Waals surface area contributed by atoms with Crippen LogP contribution in [0, 0.1) is 0 Å². The molecule has 1 amide bonds. The highest BCUT2D eigenvalue weighted by atomic mass is 35.5. The molecule has 0 unspecified atom stereocenters. The molecule has 1 heterocycles. The van der Waals surface area contributed by atoms with Gasteiger partial charge in [0.15, 0.2) is 0 Å². The smallest absolute Gasteiger partial charge is 0.261 e. The molecule has 23 heavy (non-hydrogen) atoms. The molecule has 0 bridgehead atoms. The van der Waals surface area contributed by atoms with Gasteiger partial charge >= 0.3 is 0 Å². The molecule has 116 valence electrons. The molecular weight excluding hydrogens is 314 g/mol. The lowest BCUT2D eigenvalue weighted by Gasteiger charge is -2.05. The zero-order chi connectivity index (χ0) is 16.2. The summed E-state index contributed by atoms with van der Waals surface area (Å²) in [6.45, 7) is 1.83. The number of aromatic nitrogens is 3. The Kier molecular flexibility index (Phi) is 4.34. The number of benzene rings is 2. The van der Waals surface area contributed by atoms with E-state index in [0.717, 1.165) is 16.6 Å². The minimum atomic E-state index is -0.285. The molecule has 7 heteroatoms. The lowest BCUT2D eigenvalue weighted by molar-refractivity contribution is -0.121. The number of rotatable bonds is 4. The largest absolute Gasteiger partial charge is 0.271 e. The topological polar surface area (TPSA) is 72.2 Å². The van der Waals surface area contributed by atoms with Crippen LogP contribution in [0.4, 0.5) is 0 Å². The van der Waals surface area contributed by atoms with E-state index in [9.17, 15) is 4.79 Å². The quantitative estimate of drug-likeness (QED) is 0.591. The molecular formula is C16H14ClN5O. The first-order valence-corrected chi connectivity index (χ1v) is 7.39. The molecule has 0 radical (unpaired) electrons. The van der Waals surface area contributed by atoms with E-state index in [2.05, 4.69) is 20.8 Å². The van der Waals surface area contributed by atoms with Crippen LogP contribution in [0.2, 0.25) is 5.02 Å².